The van der Waals surface area contributed by atoms with Gasteiger partial charge in [-0.05, 0) is 45.6 Å². The minimum absolute atomic E-state index is 0.0954. The summed E-state index contributed by atoms with van der Waals surface area (Å²) < 4.78 is 13.3. The Morgan fingerprint density at radius 3 is 2.58 bits per heavy atom. The van der Waals surface area contributed by atoms with Crippen molar-refractivity contribution < 1.29 is 9.18 Å². The van der Waals surface area contributed by atoms with Crippen LogP contribution < -0.4 is 11.1 Å². The standard InChI is InChI=1S/C14H22FN3O/c1-14(2,16)13(19)17-9-12(18(3)4)10-6-5-7-11(15)8-10/h5-8,12H,9,16H2,1-4H3,(H,17,19). The van der Waals surface area contributed by atoms with Gasteiger partial charge in [-0.25, -0.2) is 4.39 Å². The van der Waals surface area contributed by atoms with Crippen molar-refractivity contribution in [3.63, 3.8) is 0 Å². The van der Waals surface area contributed by atoms with Gasteiger partial charge in [0.05, 0.1) is 11.6 Å². The number of amides is 1. The molecule has 3 N–H and O–H groups in total. The number of nitrogens with one attached hydrogen (secondary N) is 1. The Balaban J connectivity index is 2.78. The summed E-state index contributed by atoms with van der Waals surface area (Å²) in [5, 5.41) is 2.79. The van der Waals surface area contributed by atoms with Crippen LogP contribution in [0.3, 0.4) is 0 Å². The third kappa shape index (κ3) is 4.61. The van der Waals surface area contributed by atoms with E-state index in [1.807, 2.05) is 25.1 Å². The highest BCUT2D eigenvalue weighted by molar-refractivity contribution is 5.85. The molecule has 0 saturated heterocycles. The van der Waals surface area contributed by atoms with Gasteiger partial charge in [-0.15, -0.1) is 0 Å². The summed E-state index contributed by atoms with van der Waals surface area (Å²) in [6, 6.07) is 6.29. The van der Waals surface area contributed by atoms with Crippen molar-refractivity contribution in [2.24, 2.45) is 5.73 Å². The monoisotopic (exact) mass is 267 g/mol. The third-order valence-corrected chi connectivity index (χ3v) is 2.90. The molecule has 1 atom stereocenters. The first kappa shape index (κ1) is 15.6. The zero-order valence-electron chi connectivity index (χ0n) is 11.9. The molecular weight excluding hydrogens is 245 g/mol. The summed E-state index contributed by atoms with van der Waals surface area (Å²) in [7, 11) is 3.77. The fourth-order valence-electron chi connectivity index (χ4n) is 1.73. The summed E-state index contributed by atoms with van der Waals surface area (Å²) in [5.74, 6) is -0.509. The number of halogens is 1. The topological polar surface area (TPSA) is 58.4 Å². The van der Waals surface area contributed by atoms with Crippen LogP contribution in [-0.2, 0) is 4.79 Å². The minimum atomic E-state index is -0.918. The van der Waals surface area contributed by atoms with Gasteiger partial charge in [0.25, 0.3) is 0 Å². The van der Waals surface area contributed by atoms with E-state index in [0.717, 1.165) is 5.56 Å². The molecule has 106 valence electrons. The highest BCUT2D eigenvalue weighted by Gasteiger charge is 2.23. The molecule has 0 fully saturated rings. The van der Waals surface area contributed by atoms with Crippen molar-refractivity contribution in [1.29, 1.82) is 0 Å². The van der Waals surface area contributed by atoms with Crippen LogP contribution in [0, 0.1) is 5.82 Å². The maximum absolute atomic E-state index is 13.3. The largest absolute Gasteiger partial charge is 0.353 e. The van der Waals surface area contributed by atoms with Crippen LogP contribution in [0.1, 0.15) is 25.5 Å². The van der Waals surface area contributed by atoms with Gasteiger partial charge in [0, 0.05) is 6.54 Å². The summed E-state index contributed by atoms with van der Waals surface area (Å²) >= 11 is 0. The Morgan fingerprint density at radius 2 is 2.11 bits per heavy atom. The van der Waals surface area contributed by atoms with Gasteiger partial charge in [0.2, 0.25) is 5.91 Å². The molecule has 0 aliphatic carbocycles. The molecule has 1 rings (SSSR count). The lowest BCUT2D eigenvalue weighted by Gasteiger charge is -2.27. The average Bonchev–Trinajstić information content (AvgIpc) is 2.27. The minimum Gasteiger partial charge on any atom is -0.353 e. The van der Waals surface area contributed by atoms with Gasteiger partial charge in [0.15, 0.2) is 0 Å². The van der Waals surface area contributed by atoms with E-state index in [9.17, 15) is 9.18 Å². The number of likely N-dealkylation sites (N-methyl/N-ethyl adjacent to an activating group) is 1. The third-order valence-electron chi connectivity index (χ3n) is 2.90. The number of hydrogen-bond donors (Lipinski definition) is 2. The summed E-state index contributed by atoms with van der Waals surface area (Å²) in [5.41, 5.74) is 5.62. The average molecular weight is 267 g/mol. The molecular formula is C14H22FN3O. The van der Waals surface area contributed by atoms with E-state index >= 15 is 0 Å². The number of carbonyl (C=O) groups is 1. The van der Waals surface area contributed by atoms with Gasteiger partial charge < -0.3 is 16.0 Å². The van der Waals surface area contributed by atoms with Crippen molar-refractivity contribution in [2.75, 3.05) is 20.6 Å². The predicted molar refractivity (Wildman–Crippen MR) is 74.1 cm³/mol. The first-order valence-corrected chi connectivity index (χ1v) is 6.21. The first-order valence-electron chi connectivity index (χ1n) is 6.21. The van der Waals surface area contributed by atoms with Crippen molar-refractivity contribution in [2.45, 2.75) is 25.4 Å². The van der Waals surface area contributed by atoms with Crippen LogP contribution in [-0.4, -0.2) is 37.0 Å². The molecule has 0 aromatic heterocycles. The van der Waals surface area contributed by atoms with E-state index in [-0.39, 0.29) is 17.8 Å². The lowest BCUT2D eigenvalue weighted by atomic mass is 10.0. The second-order valence-electron chi connectivity index (χ2n) is 5.47. The van der Waals surface area contributed by atoms with Crippen molar-refractivity contribution in [3.05, 3.63) is 35.6 Å². The Bertz CT molecular complexity index is 441. The van der Waals surface area contributed by atoms with E-state index in [4.69, 9.17) is 5.73 Å². The smallest absolute Gasteiger partial charge is 0.239 e. The van der Waals surface area contributed by atoms with E-state index in [1.54, 1.807) is 19.9 Å². The van der Waals surface area contributed by atoms with Crippen molar-refractivity contribution in [3.8, 4) is 0 Å². The lowest BCUT2D eigenvalue weighted by Crippen LogP contribution is -2.50. The number of nitrogens with zero attached hydrogens (tertiary/aromatic N) is 1. The molecule has 1 aromatic carbocycles. The Hall–Kier alpha value is -1.46. The molecule has 1 unspecified atom stereocenters. The number of rotatable bonds is 5. The number of carbonyl (C=O) groups excluding carboxylic acids is 1. The highest BCUT2D eigenvalue weighted by atomic mass is 19.1. The molecule has 0 bridgehead atoms. The normalized spacial score (nSPS) is 13.4. The van der Waals surface area contributed by atoms with Gasteiger partial charge in [0.1, 0.15) is 5.82 Å². The van der Waals surface area contributed by atoms with Gasteiger partial charge >= 0.3 is 0 Å². The van der Waals surface area contributed by atoms with Crippen LogP contribution in [0.15, 0.2) is 24.3 Å². The molecule has 5 heteroatoms. The molecule has 4 nitrogen and oxygen atoms in total. The molecule has 0 spiro atoms. The first-order chi connectivity index (χ1) is 8.71. The molecule has 0 heterocycles. The van der Waals surface area contributed by atoms with Crippen LogP contribution in [0.4, 0.5) is 4.39 Å². The number of nitrogens with two attached hydrogens (primary N) is 1. The molecule has 1 aromatic rings. The van der Waals surface area contributed by atoms with E-state index < -0.39 is 5.54 Å². The Kier molecular flexibility index (Phi) is 5.03. The number of benzene rings is 1. The summed E-state index contributed by atoms with van der Waals surface area (Å²) in [6.07, 6.45) is 0. The van der Waals surface area contributed by atoms with Crippen molar-refractivity contribution in [1.82, 2.24) is 10.2 Å². The number of hydrogen-bond acceptors (Lipinski definition) is 3. The quantitative estimate of drug-likeness (QED) is 0.845. The molecule has 0 radical (unpaired) electrons. The highest BCUT2D eigenvalue weighted by Crippen LogP contribution is 2.18. The Labute approximate surface area is 113 Å². The fraction of sp³-hybridized carbons (Fsp3) is 0.500. The van der Waals surface area contributed by atoms with E-state index in [2.05, 4.69) is 5.32 Å². The second-order valence-corrected chi connectivity index (χ2v) is 5.47. The van der Waals surface area contributed by atoms with Gasteiger partial charge in [-0.1, -0.05) is 12.1 Å². The van der Waals surface area contributed by atoms with Crippen LogP contribution in [0.25, 0.3) is 0 Å². The van der Waals surface area contributed by atoms with Crippen LogP contribution in [0.5, 0.6) is 0 Å². The van der Waals surface area contributed by atoms with Crippen LogP contribution in [0.2, 0.25) is 0 Å². The maximum atomic E-state index is 13.3. The van der Waals surface area contributed by atoms with Gasteiger partial charge in [-0.3, -0.25) is 4.79 Å². The van der Waals surface area contributed by atoms with E-state index in [0.29, 0.717) is 6.54 Å². The second kappa shape index (κ2) is 6.12. The SMILES string of the molecule is CN(C)C(CNC(=O)C(C)(C)N)c1cccc(F)c1. The van der Waals surface area contributed by atoms with Gasteiger partial charge in [-0.2, -0.15) is 0 Å². The molecule has 0 saturated carbocycles. The zero-order valence-corrected chi connectivity index (χ0v) is 11.9. The lowest BCUT2D eigenvalue weighted by molar-refractivity contribution is -0.125. The zero-order chi connectivity index (χ0) is 14.6. The molecule has 19 heavy (non-hydrogen) atoms. The predicted octanol–water partition coefficient (Wildman–Crippen LogP) is 1.28. The van der Waals surface area contributed by atoms with Crippen molar-refractivity contribution >= 4 is 5.91 Å². The summed E-state index contributed by atoms with van der Waals surface area (Å²) in [6.45, 7) is 3.68. The fourth-order valence-corrected chi connectivity index (χ4v) is 1.73. The maximum Gasteiger partial charge on any atom is 0.239 e. The van der Waals surface area contributed by atoms with Crippen LogP contribution >= 0.6 is 0 Å². The molecule has 1 amide bonds. The summed E-state index contributed by atoms with van der Waals surface area (Å²) in [4.78, 5) is 13.7. The van der Waals surface area contributed by atoms with E-state index in [1.165, 1.54) is 12.1 Å². The Morgan fingerprint density at radius 1 is 1.47 bits per heavy atom. The molecule has 0 aliphatic rings. The molecule has 0 aliphatic heterocycles.